The van der Waals surface area contributed by atoms with Gasteiger partial charge < -0.3 is 9.73 Å². The fourth-order valence-corrected chi connectivity index (χ4v) is 3.40. The van der Waals surface area contributed by atoms with Gasteiger partial charge in [0, 0.05) is 5.56 Å². The Morgan fingerprint density at radius 3 is 2.57 bits per heavy atom. The Balaban J connectivity index is 1.58. The summed E-state index contributed by atoms with van der Waals surface area (Å²) >= 11 is 12.0. The third kappa shape index (κ3) is 3.15. The summed E-state index contributed by atoms with van der Waals surface area (Å²) in [7, 11) is 0. The minimum Gasteiger partial charge on any atom is -0.439 e. The summed E-state index contributed by atoms with van der Waals surface area (Å²) in [4.78, 5) is 30.7. The lowest BCUT2D eigenvalue weighted by atomic mass is 9.92. The highest BCUT2D eigenvalue weighted by Gasteiger charge is 2.49. The van der Waals surface area contributed by atoms with Crippen molar-refractivity contribution in [3.8, 4) is 11.3 Å². The van der Waals surface area contributed by atoms with Crippen molar-refractivity contribution in [2.24, 2.45) is 0 Å². The number of carbonyl (C=O) groups is 2. The van der Waals surface area contributed by atoms with Crippen molar-refractivity contribution < 1.29 is 14.0 Å². The topological polar surface area (TPSA) is 75.4 Å². The van der Waals surface area contributed by atoms with Gasteiger partial charge >= 0.3 is 6.03 Å². The molecule has 0 radical (unpaired) electrons. The second kappa shape index (κ2) is 6.96. The molecule has 1 fully saturated rings. The maximum atomic E-state index is 13.0. The molecule has 0 aliphatic carbocycles. The highest BCUT2D eigenvalue weighted by molar-refractivity contribution is 6.42. The van der Waals surface area contributed by atoms with E-state index >= 15 is 0 Å². The van der Waals surface area contributed by atoms with Crippen LogP contribution >= 0.6 is 23.2 Å². The van der Waals surface area contributed by atoms with Crippen LogP contribution in [0.5, 0.6) is 0 Å². The predicted octanol–water partition coefficient (Wildman–Crippen LogP) is 4.62. The minimum absolute atomic E-state index is 0.0750. The summed E-state index contributed by atoms with van der Waals surface area (Å²) in [6.45, 7) is 1.55. The van der Waals surface area contributed by atoms with Gasteiger partial charge in [0.15, 0.2) is 5.76 Å². The standard InChI is InChI=1S/C20H15Cl2N3O3/c1-20(13-7-8-14(21)15(22)9-13)18(26)25(19(27)24-20)11-17-23-10-16(28-17)12-5-3-2-4-6-12/h2-10H,11H2,1H3,(H,24,27). The maximum Gasteiger partial charge on any atom is 0.325 e. The zero-order valence-electron chi connectivity index (χ0n) is 14.8. The summed E-state index contributed by atoms with van der Waals surface area (Å²) in [5, 5.41) is 3.40. The smallest absolute Gasteiger partial charge is 0.325 e. The van der Waals surface area contributed by atoms with Crippen LogP contribution in [0.2, 0.25) is 10.0 Å². The van der Waals surface area contributed by atoms with Gasteiger partial charge in [-0.25, -0.2) is 9.78 Å². The van der Waals surface area contributed by atoms with Crippen LogP contribution in [0, 0.1) is 0 Å². The van der Waals surface area contributed by atoms with Crippen LogP contribution in [-0.2, 0) is 16.9 Å². The van der Waals surface area contributed by atoms with E-state index < -0.39 is 17.5 Å². The van der Waals surface area contributed by atoms with Gasteiger partial charge in [0.2, 0.25) is 5.89 Å². The average molecular weight is 416 g/mol. The summed E-state index contributed by atoms with van der Waals surface area (Å²) < 4.78 is 5.71. The molecule has 1 unspecified atom stereocenters. The molecule has 0 spiro atoms. The molecule has 1 aliphatic heterocycles. The zero-order chi connectivity index (χ0) is 19.9. The van der Waals surface area contributed by atoms with Crippen molar-refractivity contribution in [2.75, 3.05) is 0 Å². The summed E-state index contributed by atoms with van der Waals surface area (Å²) in [5.74, 6) is 0.408. The number of amides is 3. The Hall–Kier alpha value is -2.83. The number of halogens is 2. The molecule has 2 aromatic carbocycles. The van der Waals surface area contributed by atoms with Gasteiger partial charge in [0.05, 0.1) is 16.2 Å². The van der Waals surface area contributed by atoms with Crippen LogP contribution in [0.25, 0.3) is 11.3 Å². The first kappa shape index (κ1) is 18.5. The number of oxazole rings is 1. The van der Waals surface area contributed by atoms with E-state index in [1.54, 1.807) is 31.3 Å². The van der Waals surface area contributed by atoms with Crippen LogP contribution in [-0.4, -0.2) is 21.8 Å². The molecule has 1 N–H and O–H groups in total. The van der Waals surface area contributed by atoms with Gasteiger partial charge in [0.1, 0.15) is 12.1 Å². The number of hydrogen-bond acceptors (Lipinski definition) is 4. The first-order chi connectivity index (χ1) is 13.4. The third-order valence-electron chi connectivity index (χ3n) is 4.68. The lowest BCUT2D eigenvalue weighted by Gasteiger charge is -2.22. The Morgan fingerprint density at radius 1 is 1.11 bits per heavy atom. The van der Waals surface area contributed by atoms with Gasteiger partial charge in [-0.05, 0) is 24.6 Å². The van der Waals surface area contributed by atoms with E-state index in [-0.39, 0.29) is 12.4 Å². The number of nitrogens with zero attached hydrogens (tertiary/aromatic N) is 2. The first-order valence-corrected chi connectivity index (χ1v) is 9.24. The molecule has 6 nitrogen and oxygen atoms in total. The highest BCUT2D eigenvalue weighted by atomic mass is 35.5. The normalized spacial score (nSPS) is 19.2. The molecular weight excluding hydrogens is 401 g/mol. The Labute approximate surface area is 171 Å². The zero-order valence-corrected chi connectivity index (χ0v) is 16.3. The first-order valence-electron chi connectivity index (χ1n) is 8.48. The van der Waals surface area contributed by atoms with E-state index in [1.165, 1.54) is 0 Å². The Morgan fingerprint density at radius 2 is 1.86 bits per heavy atom. The van der Waals surface area contributed by atoms with Crippen molar-refractivity contribution >= 4 is 35.1 Å². The molecular formula is C20H15Cl2N3O3. The summed E-state index contributed by atoms with van der Waals surface area (Å²) in [6.07, 6.45) is 1.57. The molecule has 1 saturated heterocycles. The number of imide groups is 1. The van der Waals surface area contributed by atoms with Gasteiger partial charge in [-0.3, -0.25) is 9.69 Å². The second-order valence-corrected chi connectivity index (χ2v) is 7.37. The molecule has 28 heavy (non-hydrogen) atoms. The van der Waals surface area contributed by atoms with Crippen molar-refractivity contribution in [1.29, 1.82) is 0 Å². The van der Waals surface area contributed by atoms with E-state index in [4.69, 9.17) is 27.6 Å². The molecule has 3 amide bonds. The van der Waals surface area contributed by atoms with Crippen molar-refractivity contribution in [2.45, 2.75) is 19.0 Å². The van der Waals surface area contributed by atoms with Crippen LogP contribution < -0.4 is 5.32 Å². The Kier molecular flexibility index (Phi) is 4.61. The monoisotopic (exact) mass is 415 g/mol. The fraction of sp³-hybridized carbons (Fsp3) is 0.150. The maximum absolute atomic E-state index is 13.0. The summed E-state index contributed by atoms with van der Waals surface area (Å²) in [6, 6.07) is 13.7. The number of rotatable bonds is 4. The van der Waals surface area contributed by atoms with E-state index in [9.17, 15) is 9.59 Å². The van der Waals surface area contributed by atoms with Crippen LogP contribution in [0.4, 0.5) is 4.79 Å². The molecule has 142 valence electrons. The van der Waals surface area contributed by atoms with Crippen molar-refractivity contribution in [3.05, 3.63) is 76.2 Å². The molecule has 3 aromatic rings. The lowest BCUT2D eigenvalue weighted by molar-refractivity contribution is -0.131. The van der Waals surface area contributed by atoms with Crippen molar-refractivity contribution in [3.63, 3.8) is 0 Å². The fourth-order valence-electron chi connectivity index (χ4n) is 3.10. The largest absolute Gasteiger partial charge is 0.439 e. The number of hydrogen-bond donors (Lipinski definition) is 1. The predicted molar refractivity (Wildman–Crippen MR) is 105 cm³/mol. The highest BCUT2D eigenvalue weighted by Crippen LogP contribution is 2.33. The van der Waals surface area contributed by atoms with Crippen molar-refractivity contribution in [1.82, 2.24) is 15.2 Å². The number of benzene rings is 2. The van der Waals surface area contributed by atoms with E-state index in [1.807, 2.05) is 30.3 Å². The van der Waals surface area contributed by atoms with Crippen LogP contribution in [0.15, 0.2) is 59.1 Å². The van der Waals surface area contributed by atoms with Crippen LogP contribution in [0.3, 0.4) is 0 Å². The molecule has 1 aromatic heterocycles. The molecule has 8 heteroatoms. The van der Waals surface area contributed by atoms with Gasteiger partial charge in [-0.2, -0.15) is 0 Å². The van der Waals surface area contributed by atoms with E-state index in [0.717, 1.165) is 10.5 Å². The summed E-state index contributed by atoms with van der Waals surface area (Å²) in [5.41, 5.74) is 0.152. The SMILES string of the molecule is CC1(c2ccc(Cl)c(Cl)c2)NC(=O)N(Cc2ncc(-c3ccccc3)o2)C1=O. The van der Waals surface area contributed by atoms with Crippen LogP contribution in [0.1, 0.15) is 18.4 Å². The molecule has 0 saturated carbocycles. The van der Waals surface area contributed by atoms with Gasteiger partial charge in [-0.1, -0.05) is 59.6 Å². The Bertz CT molecular complexity index is 1070. The second-order valence-electron chi connectivity index (χ2n) is 6.56. The quantitative estimate of drug-likeness (QED) is 0.630. The third-order valence-corrected chi connectivity index (χ3v) is 5.42. The van der Waals surface area contributed by atoms with E-state index in [0.29, 0.717) is 21.4 Å². The molecule has 4 rings (SSSR count). The number of urea groups is 1. The minimum atomic E-state index is -1.25. The average Bonchev–Trinajstić information content (AvgIpc) is 3.24. The number of carbonyl (C=O) groups excluding carboxylic acids is 2. The van der Waals surface area contributed by atoms with E-state index in [2.05, 4.69) is 10.3 Å². The molecule has 1 aliphatic rings. The number of aromatic nitrogens is 1. The molecule has 0 bridgehead atoms. The number of nitrogens with one attached hydrogen (secondary N) is 1. The van der Waals surface area contributed by atoms with Gasteiger partial charge in [-0.15, -0.1) is 0 Å². The lowest BCUT2D eigenvalue weighted by Crippen LogP contribution is -2.40. The van der Waals surface area contributed by atoms with Gasteiger partial charge in [0.25, 0.3) is 5.91 Å². The molecule has 2 heterocycles. The molecule has 1 atom stereocenters.